The number of benzene rings is 1. The standard InChI is InChI=1S/C14H17NO3/c16-9-11-3-1-10(2-4-11)5-6-15-14(18)12-7-13(17)8-12/h1-4,12,16H,5-9H2,(H,15,18). The van der Waals surface area contributed by atoms with Gasteiger partial charge in [-0.25, -0.2) is 0 Å². The van der Waals surface area contributed by atoms with Crippen LogP contribution in [0.2, 0.25) is 0 Å². The molecule has 0 aliphatic heterocycles. The molecule has 4 heteroatoms. The van der Waals surface area contributed by atoms with E-state index in [4.69, 9.17) is 5.11 Å². The highest BCUT2D eigenvalue weighted by Crippen LogP contribution is 2.22. The quantitative estimate of drug-likeness (QED) is 0.809. The first-order valence-electron chi connectivity index (χ1n) is 6.17. The molecule has 1 fully saturated rings. The molecule has 18 heavy (non-hydrogen) atoms. The monoisotopic (exact) mass is 247 g/mol. The van der Waals surface area contributed by atoms with Crippen molar-refractivity contribution < 1.29 is 14.7 Å². The summed E-state index contributed by atoms with van der Waals surface area (Å²) < 4.78 is 0. The zero-order valence-electron chi connectivity index (χ0n) is 10.2. The van der Waals surface area contributed by atoms with Crippen LogP contribution in [-0.4, -0.2) is 23.3 Å². The van der Waals surface area contributed by atoms with E-state index >= 15 is 0 Å². The lowest BCUT2D eigenvalue weighted by Gasteiger charge is -2.22. The van der Waals surface area contributed by atoms with E-state index < -0.39 is 0 Å². The average Bonchev–Trinajstić information content (AvgIpc) is 2.35. The summed E-state index contributed by atoms with van der Waals surface area (Å²) in [6, 6.07) is 7.65. The number of nitrogens with one attached hydrogen (secondary N) is 1. The highest BCUT2D eigenvalue weighted by molar-refractivity contribution is 5.96. The Morgan fingerprint density at radius 2 is 1.83 bits per heavy atom. The van der Waals surface area contributed by atoms with Gasteiger partial charge in [-0.15, -0.1) is 0 Å². The van der Waals surface area contributed by atoms with Crippen LogP contribution in [0.25, 0.3) is 0 Å². The van der Waals surface area contributed by atoms with Gasteiger partial charge in [0.2, 0.25) is 5.91 Å². The Balaban J connectivity index is 1.71. The van der Waals surface area contributed by atoms with Crippen molar-refractivity contribution in [3.63, 3.8) is 0 Å². The van der Waals surface area contributed by atoms with Crippen LogP contribution in [0.3, 0.4) is 0 Å². The van der Waals surface area contributed by atoms with E-state index in [1.54, 1.807) is 0 Å². The number of rotatable bonds is 5. The minimum Gasteiger partial charge on any atom is -0.392 e. The number of amides is 1. The molecular formula is C14H17NO3. The molecule has 0 bridgehead atoms. The predicted molar refractivity (Wildman–Crippen MR) is 66.8 cm³/mol. The summed E-state index contributed by atoms with van der Waals surface area (Å²) >= 11 is 0. The van der Waals surface area contributed by atoms with Gasteiger partial charge in [-0.3, -0.25) is 9.59 Å². The molecule has 0 spiro atoms. The summed E-state index contributed by atoms with van der Waals surface area (Å²) in [6.07, 6.45) is 1.56. The molecular weight excluding hydrogens is 230 g/mol. The van der Waals surface area contributed by atoms with Crippen LogP contribution in [0.15, 0.2) is 24.3 Å². The van der Waals surface area contributed by atoms with Crippen LogP contribution in [-0.2, 0) is 22.6 Å². The van der Waals surface area contributed by atoms with E-state index in [1.807, 2.05) is 24.3 Å². The third kappa shape index (κ3) is 3.17. The number of carbonyl (C=O) groups excluding carboxylic acids is 2. The molecule has 2 rings (SSSR count). The molecule has 1 aromatic rings. The van der Waals surface area contributed by atoms with Crippen molar-refractivity contribution in [2.24, 2.45) is 5.92 Å². The van der Waals surface area contributed by atoms with Crippen LogP contribution in [0.4, 0.5) is 0 Å². The van der Waals surface area contributed by atoms with Gasteiger partial charge in [-0.1, -0.05) is 24.3 Å². The Kier molecular flexibility index (Phi) is 4.10. The fourth-order valence-electron chi connectivity index (χ4n) is 1.96. The van der Waals surface area contributed by atoms with Gasteiger partial charge in [0.15, 0.2) is 0 Å². The maximum Gasteiger partial charge on any atom is 0.224 e. The summed E-state index contributed by atoms with van der Waals surface area (Å²) in [6.45, 7) is 0.634. The van der Waals surface area contributed by atoms with Crippen LogP contribution in [0.1, 0.15) is 24.0 Å². The van der Waals surface area contributed by atoms with Gasteiger partial charge >= 0.3 is 0 Å². The third-order valence-corrected chi connectivity index (χ3v) is 3.24. The second-order valence-electron chi connectivity index (χ2n) is 4.66. The highest BCUT2D eigenvalue weighted by atomic mass is 16.3. The number of ketones is 1. The summed E-state index contributed by atoms with van der Waals surface area (Å²) in [5.74, 6) is 0.0607. The number of hydrogen-bond donors (Lipinski definition) is 2. The molecule has 0 radical (unpaired) electrons. The second-order valence-corrected chi connectivity index (χ2v) is 4.66. The first kappa shape index (κ1) is 12.8. The van der Waals surface area contributed by atoms with Gasteiger partial charge in [0.25, 0.3) is 0 Å². The lowest BCUT2D eigenvalue weighted by atomic mass is 9.83. The average molecular weight is 247 g/mol. The molecule has 1 aliphatic rings. The number of carbonyl (C=O) groups is 2. The molecule has 0 heterocycles. The molecule has 0 unspecified atom stereocenters. The normalized spacial score (nSPS) is 15.3. The van der Waals surface area contributed by atoms with Gasteiger partial charge in [0, 0.05) is 19.4 Å². The van der Waals surface area contributed by atoms with E-state index in [0.717, 1.165) is 17.5 Å². The van der Waals surface area contributed by atoms with Crippen LogP contribution >= 0.6 is 0 Å². The molecule has 1 aromatic carbocycles. The van der Waals surface area contributed by atoms with Crippen molar-refractivity contribution in [1.29, 1.82) is 0 Å². The molecule has 0 aromatic heterocycles. The fourth-order valence-corrected chi connectivity index (χ4v) is 1.96. The maximum absolute atomic E-state index is 11.6. The van der Waals surface area contributed by atoms with E-state index in [9.17, 15) is 9.59 Å². The third-order valence-electron chi connectivity index (χ3n) is 3.24. The summed E-state index contributed by atoms with van der Waals surface area (Å²) in [4.78, 5) is 22.3. The van der Waals surface area contributed by atoms with Crippen LogP contribution < -0.4 is 5.32 Å². The lowest BCUT2D eigenvalue weighted by molar-refractivity contribution is -0.137. The Hall–Kier alpha value is -1.68. The molecule has 1 amide bonds. The van der Waals surface area contributed by atoms with Crippen molar-refractivity contribution in [2.75, 3.05) is 6.54 Å². The van der Waals surface area contributed by atoms with Crippen molar-refractivity contribution in [3.05, 3.63) is 35.4 Å². The van der Waals surface area contributed by atoms with Crippen molar-refractivity contribution in [2.45, 2.75) is 25.9 Å². The minimum atomic E-state index is -0.103. The number of Topliss-reactive ketones (excluding diaryl/α,β-unsaturated/α-hetero) is 1. The van der Waals surface area contributed by atoms with Gasteiger partial charge in [-0.2, -0.15) is 0 Å². The zero-order valence-corrected chi connectivity index (χ0v) is 10.2. The smallest absolute Gasteiger partial charge is 0.224 e. The Labute approximate surface area is 106 Å². The molecule has 2 N–H and O–H groups in total. The lowest BCUT2D eigenvalue weighted by Crippen LogP contribution is -2.39. The number of aliphatic hydroxyl groups is 1. The van der Waals surface area contributed by atoms with Crippen molar-refractivity contribution in [1.82, 2.24) is 5.32 Å². The highest BCUT2D eigenvalue weighted by Gasteiger charge is 2.32. The summed E-state index contributed by atoms with van der Waals surface area (Å²) in [7, 11) is 0. The molecule has 0 saturated heterocycles. The first-order chi connectivity index (χ1) is 8.69. The number of hydrogen-bond acceptors (Lipinski definition) is 3. The van der Waals surface area contributed by atoms with E-state index in [1.165, 1.54) is 0 Å². The summed E-state index contributed by atoms with van der Waals surface area (Å²) in [5, 5.41) is 11.8. The Morgan fingerprint density at radius 3 is 2.39 bits per heavy atom. The molecule has 1 aliphatic carbocycles. The molecule has 96 valence electrons. The number of aliphatic hydroxyl groups excluding tert-OH is 1. The van der Waals surface area contributed by atoms with E-state index in [-0.39, 0.29) is 24.2 Å². The van der Waals surface area contributed by atoms with Crippen LogP contribution in [0.5, 0.6) is 0 Å². The van der Waals surface area contributed by atoms with Gasteiger partial charge < -0.3 is 10.4 Å². The van der Waals surface area contributed by atoms with Crippen molar-refractivity contribution in [3.8, 4) is 0 Å². The minimum absolute atomic E-state index is 0.0124. The Bertz CT molecular complexity index is 431. The molecule has 0 atom stereocenters. The Morgan fingerprint density at radius 1 is 1.22 bits per heavy atom. The van der Waals surface area contributed by atoms with Crippen molar-refractivity contribution >= 4 is 11.7 Å². The zero-order chi connectivity index (χ0) is 13.0. The summed E-state index contributed by atoms with van der Waals surface area (Å²) in [5.41, 5.74) is 2.01. The van der Waals surface area contributed by atoms with E-state index in [2.05, 4.69) is 5.32 Å². The van der Waals surface area contributed by atoms with Crippen LogP contribution in [0, 0.1) is 5.92 Å². The molecule has 4 nitrogen and oxygen atoms in total. The SMILES string of the molecule is O=C1CC(C(=O)NCCc2ccc(CO)cc2)C1. The van der Waals surface area contributed by atoms with Gasteiger partial charge in [-0.05, 0) is 17.5 Å². The fraction of sp³-hybridized carbons (Fsp3) is 0.429. The predicted octanol–water partition coefficient (Wildman–Crippen LogP) is 0.817. The van der Waals surface area contributed by atoms with Gasteiger partial charge in [0.05, 0.1) is 12.5 Å². The van der Waals surface area contributed by atoms with Gasteiger partial charge in [0.1, 0.15) is 5.78 Å². The van der Waals surface area contributed by atoms with E-state index in [0.29, 0.717) is 19.4 Å². The molecule has 1 saturated carbocycles. The largest absolute Gasteiger partial charge is 0.392 e. The topological polar surface area (TPSA) is 66.4 Å². The first-order valence-corrected chi connectivity index (χ1v) is 6.17. The maximum atomic E-state index is 11.6. The second kappa shape index (κ2) is 5.78.